The maximum Gasteiger partial charge on any atom is 0.257 e. The lowest BCUT2D eigenvalue weighted by Gasteiger charge is -2.26. The summed E-state index contributed by atoms with van der Waals surface area (Å²) in [4.78, 5) is 29.0. The number of aromatic amines is 1. The Morgan fingerprint density at radius 1 is 1.12 bits per heavy atom. The smallest absolute Gasteiger partial charge is 0.257 e. The van der Waals surface area contributed by atoms with Crippen molar-refractivity contribution in [2.24, 2.45) is 4.99 Å². The number of aryl methyl sites for hydroxylation is 1. The van der Waals surface area contributed by atoms with Crippen LogP contribution < -0.4 is 15.6 Å². The van der Waals surface area contributed by atoms with E-state index in [1.54, 1.807) is 9.96 Å². The molecule has 1 amide bonds. The van der Waals surface area contributed by atoms with Crippen LogP contribution in [0.3, 0.4) is 0 Å². The number of anilines is 3. The summed E-state index contributed by atoms with van der Waals surface area (Å²) in [7, 11) is 0. The van der Waals surface area contributed by atoms with E-state index in [4.69, 9.17) is 9.97 Å². The molecule has 4 heterocycles. The molecule has 1 saturated heterocycles. The molecule has 3 N–H and O–H groups in total. The monoisotopic (exact) mass is 467 g/mol. The number of nitrogens with zero attached hydrogens (tertiary/aromatic N) is 6. The van der Waals surface area contributed by atoms with E-state index in [1.165, 1.54) is 48.9 Å². The minimum Gasteiger partial charge on any atom is -0.329 e. The summed E-state index contributed by atoms with van der Waals surface area (Å²) >= 11 is 1.40. The van der Waals surface area contributed by atoms with E-state index in [1.807, 2.05) is 0 Å². The molecule has 1 saturated carbocycles. The molecule has 174 valence electrons. The fourth-order valence-electron chi connectivity index (χ4n) is 5.39. The summed E-state index contributed by atoms with van der Waals surface area (Å²) in [5, 5.41) is 11.2. The number of carbonyl (C=O) groups is 1. The van der Waals surface area contributed by atoms with Crippen LogP contribution in [0.4, 0.5) is 17.6 Å². The highest BCUT2D eigenvalue weighted by Gasteiger charge is 2.35. The number of rotatable bonds is 6. The third kappa shape index (κ3) is 4.19. The van der Waals surface area contributed by atoms with E-state index in [0.29, 0.717) is 18.5 Å². The summed E-state index contributed by atoms with van der Waals surface area (Å²) < 4.78 is 1.74. The van der Waals surface area contributed by atoms with Gasteiger partial charge < -0.3 is 10.2 Å². The largest absolute Gasteiger partial charge is 0.329 e. The molecule has 0 aromatic carbocycles. The number of fused-ring (bicyclic) bond motifs is 1. The Hall–Kier alpha value is -2.66. The Balaban J connectivity index is 1.23. The van der Waals surface area contributed by atoms with Crippen molar-refractivity contribution in [2.45, 2.75) is 69.7 Å². The predicted molar refractivity (Wildman–Crippen MR) is 128 cm³/mol. The minimum absolute atomic E-state index is 0.0300. The summed E-state index contributed by atoms with van der Waals surface area (Å²) in [6.45, 7) is 1.24. The van der Waals surface area contributed by atoms with Crippen LogP contribution in [0.25, 0.3) is 0 Å². The lowest BCUT2D eigenvalue weighted by molar-refractivity contribution is -0.124. The standard InChI is InChI=1S/C22H29N9OS/c32-21(29-31-12-23-13-33-31)18-9-4-10-30(18)22-24-16-8-3-7-15(16)20(26-22)25-19-11-17(27-28-19)14-5-1-2-6-14/h11,13-14,18H,1-10,12H2,(H,29,32)(H2,24,25,26,27,28). The molecule has 4 aliphatic rings. The molecule has 6 rings (SSSR count). The Morgan fingerprint density at radius 2 is 2.03 bits per heavy atom. The van der Waals surface area contributed by atoms with Crippen molar-refractivity contribution in [3.8, 4) is 0 Å². The lowest BCUT2D eigenvalue weighted by atomic mass is 10.0. The van der Waals surface area contributed by atoms with Gasteiger partial charge in [-0.05, 0) is 56.9 Å². The first-order chi connectivity index (χ1) is 16.2. The summed E-state index contributed by atoms with van der Waals surface area (Å²) in [5.41, 5.74) is 8.17. The number of aromatic nitrogens is 4. The zero-order chi connectivity index (χ0) is 22.2. The predicted octanol–water partition coefficient (Wildman–Crippen LogP) is 3.04. The Bertz CT molecular complexity index is 1060. The summed E-state index contributed by atoms with van der Waals surface area (Å²) in [5.74, 6) is 2.82. The van der Waals surface area contributed by atoms with E-state index in [2.05, 4.69) is 36.9 Å². The normalized spacial score (nSPS) is 22.9. The number of amides is 1. The Morgan fingerprint density at radius 3 is 2.88 bits per heavy atom. The molecule has 11 heteroatoms. The minimum atomic E-state index is -0.280. The van der Waals surface area contributed by atoms with Crippen molar-refractivity contribution < 1.29 is 4.79 Å². The molecular formula is C22H29N9OS. The second kappa shape index (κ2) is 8.94. The second-order valence-electron chi connectivity index (χ2n) is 9.21. The quantitative estimate of drug-likeness (QED) is 0.556. The molecule has 2 aromatic heterocycles. The van der Waals surface area contributed by atoms with Crippen LogP contribution >= 0.6 is 11.9 Å². The molecule has 2 fully saturated rings. The molecular weight excluding hydrogens is 438 g/mol. The first kappa shape index (κ1) is 20.9. The lowest BCUT2D eigenvalue weighted by Crippen LogP contribution is -2.48. The molecule has 0 radical (unpaired) electrons. The average Bonchev–Trinajstić information content (AvgIpc) is 3.64. The number of hydrazine groups is 1. The van der Waals surface area contributed by atoms with Crippen molar-refractivity contribution >= 4 is 41.0 Å². The van der Waals surface area contributed by atoms with Gasteiger partial charge in [0.15, 0.2) is 5.82 Å². The van der Waals surface area contributed by atoms with E-state index >= 15 is 0 Å². The molecule has 0 bridgehead atoms. The highest BCUT2D eigenvalue weighted by atomic mass is 32.2. The van der Waals surface area contributed by atoms with E-state index < -0.39 is 0 Å². The fraction of sp³-hybridized carbons (Fsp3) is 0.591. The zero-order valence-electron chi connectivity index (χ0n) is 18.6. The highest BCUT2D eigenvalue weighted by molar-refractivity contribution is 8.10. The molecule has 0 spiro atoms. The maximum absolute atomic E-state index is 13.0. The second-order valence-corrected chi connectivity index (χ2v) is 10.1. The number of hydrogen-bond donors (Lipinski definition) is 3. The van der Waals surface area contributed by atoms with Gasteiger partial charge in [-0.2, -0.15) is 10.1 Å². The molecule has 2 aliphatic heterocycles. The van der Waals surface area contributed by atoms with Gasteiger partial charge in [0, 0.05) is 29.8 Å². The molecule has 1 unspecified atom stereocenters. The maximum atomic E-state index is 13.0. The SMILES string of the molecule is O=C(NN1CN=CS1)C1CCCN1c1nc2c(c(Nc3cc(C4CCCC4)[nH]n3)n1)CCC2. The topological polar surface area (TPSA) is 114 Å². The first-order valence-corrected chi connectivity index (χ1v) is 12.8. The number of H-pyrrole nitrogens is 1. The van der Waals surface area contributed by atoms with Crippen LogP contribution in [0.15, 0.2) is 11.1 Å². The summed E-state index contributed by atoms with van der Waals surface area (Å²) in [6.07, 6.45) is 9.77. The van der Waals surface area contributed by atoms with Gasteiger partial charge in [-0.1, -0.05) is 12.8 Å². The van der Waals surface area contributed by atoms with Crippen LogP contribution in [-0.4, -0.2) is 55.3 Å². The van der Waals surface area contributed by atoms with Crippen molar-refractivity contribution in [2.75, 3.05) is 23.4 Å². The van der Waals surface area contributed by atoms with Crippen molar-refractivity contribution in [1.82, 2.24) is 30.0 Å². The van der Waals surface area contributed by atoms with Crippen LogP contribution in [-0.2, 0) is 17.6 Å². The van der Waals surface area contributed by atoms with Gasteiger partial charge in [0.25, 0.3) is 5.91 Å². The number of aliphatic imine (C=N–C) groups is 1. The van der Waals surface area contributed by atoms with Gasteiger partial charge in [-0.25, -0.2) is 4.98 Å². The number of hydrogen-bond acceptors (Lipinski definition) is 9. The third-order valence-electron chi connectivity index (χ3n) is 7.07. The molecule has 1 atom stereocenters. The number of nitrogens with one attached hydrogen (secondary N) is 3. The third-order valence-corrected chi connectivity index (χ3v) is 7.77. The average molecular weight is 468 g/mol. The van der Waals surface area contributed by atoms with Gasteiger partial charge in [0.05, 0.1) is 11.2 Å². The van der Waals surface area contributed by atoms with E-state index in [0.717, 1.165) is 56.0 Å². The Kier molecular flexibility index (Phi) is 5.67. The molecule has 10 nitrogen and oxygen atoms in total. The van der Waals surface area contributed by atoms with Gasteiger partial charge in [-0.3, -0.25) is 20.3 Å². The van der Waals surface area contributed by atoms with Crippen LogP contribution in [0.2, 0.25) is 0 Å². The highest BCUT2D eigenvalue weighted by Crippen LogP contribution is 2.35. The first-order valence-electron chi connectivity index (χ1n) is 12.0. The van der Waals surface area contributed by atoms with Crippen molar-refractivity contribution in [3.63, 3.8) is 0 Å². The van der Waals surface area contributed by atoms with Crippen LogP contribution in [0.5, 0.6) is 0 Å². The molecule has 2 aliphatic carbocycles. The van der Waals surface area contributed by atoms with Crippen LogP contribution in [0.1, 0.15) is 67.8 Å². The van der Waals surface area contributed by atoms with Gasteiger partial charge in [0.1, 0.15) is 18.5 Å². The van der Waals surface area contributed by atoms with E-state index in [9.17, 15) is 4.79 Å². The summed E-state index contributed by atoms with van der Waals surface area (Å²) in [6, 6.07) is 1.85. The van der Waals surface area contributed by atoms with Gasteiger partial charge in [0.2, 0.25) is 5.95 Å². The van der Waals surface area contributed by atoms with Crippen molar-refractivity contribution in [3.05, 3.63) is 23.0 Å². The fourth-order valence-corrected chi connectivity index (χ4v) is 5.91. The number of carbonyl (C=O) groups excluding carboxylic acids is 1. The van der Waals surface area contributed by atoms with Gasteiger partial charge >= 0.3 is 0 Å². The van der Waals surface area contributed by atoms with Crippen LogP contribution in [0, 0.1) is 0 Å². The van der Waals surface area contributed by atoms with E-state index in [-0.39, 0.29) is 11.9 Å². The molecule has 2 aromatic rings. The van der Waals surface area contributed by atoms with Gasteiger partial charge in [-0.15, -0.1) is 4.41 Å². The van der Waals surface area contributed by atoms with Crippen molar-refractivity contribution in [1.29, 1.82) is 0 Å². The Labute approximate surface area is 197 Å². The molecule has 33 heavy (non-hydrogen) atoms. The zero-order valence-corrected chi connectivity index (χ0v) is 19.4.